The molecule has 0 aromatic heterocycles. The molecule has 0 bridgehead atoms. The van der Waals surface area contributed by atoms with Crippen molar-refractivity contribution in [2.24, 2.45) is 0 Å². The van der Waals surface area contributed by atoms with Crippen molar-refractivity contribution >= 4 is 0 Å². The highest BCUT2D eigenvalue weighted by Crippen LogP contribution is 2.22. The SMILES string of the molecule is CCN(C=CC(OCc1ccc(COC)cc1)c1ccc(CN(C)C)cc1)CC. The van der Waals surface area contributed by atoms with Crippen LogP contribution in [0.4, 0.5) is 0 Å². The standard InChI is InChI=1S/C25H36N2O2/c1-6-27(7-2)17-16-25(24-14-12-21(13-15-24)18-26(3)4)29-20-23-10-8-22(9-11-23)19-28-5/h8-17,25H,6-7,18-20H2,1-5H3. The van der Waals surface area contributed by atoms with Crippen LogP contribution >= 0.6 is 0 Å². The fraction of sp³-hybridized carbons (Fsp3) is 0.440. The average Bonchev–Trinajstić information content (AvgIpc) is 2.72. The Labute approximate surface area is 176 Å². The van der Waals surface area contributed by atoms with Gasteiger partial charge in [0.05, 0.1) is 13.2 Å². The summed E-state index contributed by atoms with van der Waals surface area (Å²) in [5, 5.41) is 0. The van der Waals surface area contributed by atoms with Crippen LogP contribution < -0.4 is 0 Å². The zero-order valence-corrected chi connectivity index (χ0v) is 18.6. The molecule has 2 aromatic carbocycles. The first-order valence-corrected chi connectivity index (χ1v) is 10.4. The molecule has 0 aliphatic heterocycles. The summed E-state index contributed by atoms with van der Waals surface area (Å²) in [5.41, 5.74) is 4.81. The molecule has 0 aliphatic rings. The van der Waals surface area contributed by atoms with Gasteiger partial charge in [-0.25, -0.2) is 0 Å². The number of nitrogens with zero attached hydrogens (tertiary/aromatic N) is 2. The van der Waals surface area contributed by atoms with Gasteiger partial charge in [-0.2, -0.15) is 0 Å². The van der Waals surface area contributed by atoms with Crippen LogP contribution in [-0.4, -0.2) is 44.1 Å². The summed E-state index contributed by atoms with van der Waals surface area (Å²) < 4.78 is 11.5. The molecule has 0 heterocycles. The van der Waals surface area contributed by atoms with Crippen LogP contribution in [0.5, 0.6) is 0 Å². The summed E-state index contributed by atoms with van der Waals surface area (Å²) in [6.07, 6.45) is 4.23. The highest BCUT2D eigenvalue weighted by atomic mass is 16.5. The summed E-state index contributed by atoms with van der Waals surface area (Å²) in [7, 11) is 5.89. The van der Waals surface area contributed by atoms with Crippen LogP contribution in [0.1, 0.15) is 42.2 Å². The van der Waals surface area contributed by atoms with E-state index in [9.17, 15) is 0 Å². The van der Waals surface area contributed by atoms with Crippen LogP contribution in [0.3, 0.4) is 0 Å². The number of rotatable bonds is 12. The van der Waals surface area contributed by atoms with Gasteiger partial charge in [-0.15, -0.1) is 0 Å². The van der Waals surface area contributed by atoms with Gasteiger partial charge in [-0.05, 0) is 62.5 Å². The van der Waals surface area contributed by atoms with Crippen molar-refractivity contribution in [3.05, 3.63) is 83.1 Å². The first-order chi connectivity index (χ1) is 14.0. The average molecular weight is 397 g/mol. The summed E-state index contributed by atoms with van der Waals surface area (Å²) in [6, 6.07) is 17.2. The third kappa shape index (κ3) is 8.01. The van der Waals surface area contributed by atoms with E-state index in [1.165, 1.54) is 16.7 Å². The lowest BCUT2D eigenvalue weighted by Gasteiger charge is -2.19. The van der Waals surface area contributed by atoms with Gasteiger partial charge in [0, 0.05) is 26.7 Å². The Kier molecular flexibility index (Phi) is 9.92. The summed E-state index contributed by atoms with van der Waals surface area (Å²) in [5.74, 6) is 0. The van der Waals surface area contributed by atoms with Gasteiger partial charge in [0.15, 0.2) is 0 Å². The topological polar surface area (TPSA) is 24.9 Å². The second-order valence-electron chi connectivity index (χ2n) is 7.52. The van der Waals surface area contributed by atoms with Crippen molar-refractivity contribution in [3.63, 3.8) is 0 Å². The molecular formula is C25H36N2O2. The van der Waals surface area contributed by atoms with Gasteiger partial charge in [0.25, 0.3) is 0 Å². The van der Waals surface area contributed by atoms with Crippen molar-refractivity contribution in [3.8, 4) is 0 Å². The summed E-state index contributed by atoms with van der Waals surface area (Å²) in [6.45, 7) is 8.46. The van der Waals surface area contributed by atoms with Crippen LogP contribution in [0.25, 0.3) is 0 Å². The van der Waals surface area contributed by atoms with E-state index >= 15 is 0 Å². The number of methoxy groups -OCH3 is 1. The quantitative estimate of drug-likeness (QED) is 0.504. The minimum atomic E-state index is -0.0809. The van der Waals surface area contributed by atoms with E-state index < -0.39 is 0 Å². The van der Waals surface area contributed by atoms with E-state index in [2.05, 4.69) is 98.5 Å². The number of ether oxygens (including phenoxy) is 2. The molecule has 4 heteroatoms. The molecule has 0 saturated heterocycles. The first-order valence-electron chi connectivity index (χ1n) is 10.4. The van der Waals surface area contributed by atoms with Gasteiger partial charge >= 0.3 is 0 Å². The van der Waals surface area contributed by atoms with Crippen molar-refractivity contribution in [2.45, 2.75) is 39.7 Å². The Morgan fingerprint density at radius 3 is 1.90 bits per heavy atom. The highest BCUT2D eigenvalue weighted by Gasteiger charge is 2.10. The lowest BCUT2D eigenvalue weighted by Crippen LogP contribution is -2.16. The molecule has 0 spiro atoms. The molecule has 0 N–H and O–H groups in total. The van der Waals surface area contributed by atoms with Crippen LogP contribution in [0.2, 0.25) is 0 Å². The van der Waals surface area contributed by atoms with Crippen LogP contribution in [0, 0.1) is 0 Å². The normalized spacial score (nSPS) is 12.6. The van der Waals surface area contributed by atoms with E-state index in [0.717, 1.165) is 25.2 Å². The zero-order valence-electron chi connectivity index (χ0n) is 18.6. The van der Waals surface area contributed by atoms with E-state index in [1.54, 1.807) is 7.11 Å². The fourth-order valence-electron chi connectivity index (χ4n) is 3.16. The summed E-state index contributed by atoms with van der Waals surface area (Å²) in [4.78, 5) is 4.45. The Morgan fingerprint density at radius 2 is 1.38 bits per heavy atom. The van der Waals surface area contributed by atoms with E-state index in [0.29, 0.717) is 13.2 Å². The van der Waals surface area contributed by atoms with E-state index in [1.807, 2.05) is 0 Å². The molecule has 1 unspecified atom stereocenters. The molecule has 0 aliphatic carbocycles. The highest BCUT2D eigenvalue weighted by molar-refractivity contribution is 5.27. The molecule has 0 amide bonds. The fourth-order valence-corrected chi connectivity index (χ4v) is 3.16. The number of hydrogen-bond acceptors (Lipinski definition) is 4. The van der Waals surface area contributed by atoms with Gasteiger partial charge in [0.2, 0.25) is 0 Å². The van der Waals surface area contributed by atoms with Crippen molar-refractivity contribution < 1.29 is 9.47 Å². The molecule has 0 fully saturated rings. The lowest BCUT2D eigenvalue weighted by molar-refractivity contribution is 0.0708. The zero-order chi connectivity index (χ0) is 21.1. The Morgan fingerprint density at radius 1 is 0.828 bits per heavy atom. The monoisotopic (exact) mass is 396 g/mol. The minimum absolute atomic E-state index is 0.0809. The smallest absolute Gasteiger partial charge is 0.103 e. The van der Waals surface area contributed by atoms with Crippen LogP contribution in [0.15, 0.2) is 60.8 Å². The lowest BCUT2D eigenvalue weighted by atomic mass is 10.1. The van der Waals surface area contributed by atoms with Gasteiger partial charge in [-0.3, -0.25) is 0 Å². The molecule has 2 aromatic rings. The minimum Gasteiger partial charge on any atom is -0.380 e. The maximum Gasteiger partial charge on any atom is 0.103 e. The second kappa shape index (κ2) is 12.4. The number of benzene rings is 2. The molecule has 0 saturated carbocycles. The van der Waals surface area contributed by atoms with Crippen molar-refractivity contribution in [1.82, 2.24) is 9.80 Å². The van der Waals surface area contributed by atoms with Crippen LogP contribution in [-0.2, 0) is 29.2 Å². The third-order valence-corrected chi connectivity index (χ3v) is 4.85. The molecule has 4 nitrogen and oxygen atoms in total. The summed E-state index contributed by atoms with van der Waals surface area (Å²) >= 11 is 0. The van der Waals surface area contributed by atoms with Gasteiger partial charge in [-0.1, -0.05) is 48.5 Å². The predicted molar refractivity (Wildman–Crippen MR) is 121 cm³/mol. The maximum absolute atomic E-state index is 6.32. The number of hydrogen-bond donors (Lipinski definition) is 0. The van der Waals surface area contributed by atoms with Crippen molar-refractivity contribution in [1.29, 1.82) is 0 Å². The molecule has 29 heavy (non-hydrogen) atoms. The van der Waals surface area contributed by atoms with Gasteiger partial charge < -0.3 is 19.3 Å². The second-order valence-corrected chi connectivity index (χ2v) is 7.52. The van der Waals surface area contributed by atoms with E-state index in [-0.39, 0.29) is 6.10 Å². The van der Waals surface area contributed by atoms with Crippen molar-refractivity contribution in [2.75, 3.05) is 34.3 Å². The van der Waals surface area contributed by atoms with Gasteiger partial charge in [0.1, 0.15) is 6.10 Å². The molecule has 158 valence electrons. The van der Waals surface area contributed by atoms with E-state index in [4.69, 9.17) is 9.47 Å². The predicted octanol–water partition coefficient (Wildman–Crippen LogP) is 5.01. The largest absolute Gasteiger partial charge is 0.380 e. The first kappa shape index (κ1) is 23.1. The molecule has 1 atom stereocenters. The third-order valence-electron chi connectivity index (χ3n) is 4.85. The molecule has 0 radical (unpaired) electrons. The molecular weight excluding hydrogens is 360 g/mol. The Bertz CT molecular complexity index is 719. The maximum atomic E-state index is 6.32. The molecule has 2 rings (SSSR count). The Balaban J connectivity index is 2.11. The Hall–Kier alpha value is -2.14.